The van der Waals surface area contributed by atoms with Crippen molar-refractivity contribution < 1.29 is 28.6 Å². The molecule has 0 aliphatic carbocycles. The van der Waals surface area contributed by atoms with Crippen molar-refractivity contribution in [1.82, 2.24) is 0 Å². The molecule has 0 N–H and O–H groups in total. The maximum atomic E-state index is 12.8. The highest BCUT2D eigenvalue weighted by atomic mass is 16.6. The van der Waals surface area contributed by atoms with Crippen LogP contribution in [0.3, 0.4) is 0 Å². The Morgan fingerprint density at radius 2 is 0.619 bits per heavy atom. The molecule has 6 nitrogen and oxygen atoms in total. The van der Waals surface area contributed by atoms with Crippen LogP contribution in [-0.2, 0) is 28.6 Å². The molecule has 0 aliphatic rings. The Kier molecular flexibility index (Phi) is 48.0. The van der Waals surface area contributed by atoms with Crippen LogP contribution in [0.5, 0.6) is 0 Å². The normalized spacial score (nSPS) is 12.9. The topological polar surface area (TPSA) is 78.9 Å². The number of carbonyl (C=O) groups is 3. The molecule has 0 saturated carbocycles. The maximum Gasteiger partial charge on any atom is 0.306 e. The highest BCUT2D eigenvalue weighted by molar-refractivity contribution is 5.71. The number of ether oxygens (including phenoxy) is 3. The number of unbranched alkanes of at least 4 members (excludes halogenated alkanes) is 24. The van der Waals surface area contributed by atoms with Gasteiger partial charge in [-0.1, -0.05) is 246 Å². The maximum absolute atomic E-state index is 12.8. The Morgan fingerprint density at radius 1 is 0.333 bits per heavy atom. The molecule has 0 rings (SSSR count). The molecule has 63 heavy (non-hydrogen) atoms. The van der Waals surface area contributed by atoms with E-state index in [4.69, 9.17) is 14.2 Å². The number of rotatable bonds is 45. The number of allylic oxidation sites excluding steroid dienone is 16. The number of hydrogen-bond acceptors (Lipinski definition) is 6. The second-order valence-electron chi connectivity index (χ2n) is 16.9. The zero-order chi connectivity index (χ0) is 45.8. The minimum Gasteiger partial charge on any atom is -0.462 e. The summed E-state index contributed by atoms with van der Waals surface area (Å²) in [6.07, 6.45) is 66.7. The van der Waals surface area contributed by atoms with Gasteiger partial charge < -0.3 is 14.2 Å². The standard InChI is InChI=1S/C57H94O6/c1-4-7-10-13-16-19-22-25-28-31-34-37-40-43-46-49-55(58)61-52-54(63-57(60)51-48-45-42-39-36-33-30-27-24-21-18-15-12-9-6-3)53-62-56(59)50-47-44-41-38-35-32-29-26-23-20-17-14-11-8-5-2/h7,9-10,12-13,15-16,18-19,21-22,24-25,27-28,30,54H,4-6,8,11,14,17,20,23,26,29,31-53H2,1-3H3/b10-7-,12-9-,16-13-,18-15-,22-19-,24-21-,28-25-,30-27-. The third kappa shape index (κ3) is 49.2. The highest BCUT2D eigenvalue weighted by Crippen LogP contribution is 2.15. The van der Waals surface area contributed by atoms with Gasteiger partial charge in [0, 0.05) is 19.3 Å². The van der Waals surface area contributed by atoms with E-state index in [-0.39, 0.29) is 31.1 Å². The Hall–Kier alpha value is -3.67. The van der Waals surface area contributed by atoms with Gasteiger partial charge in [0.05, 0.1) is 0 Å². The van der Waals surface area contributed by atoms with Crippen LogP contribution in [0.2, 0.25) is 0 Å². The van der Waals surface area contributed by atoms with E-state index < -0.39 is 6.10 Å². The minimum atomic E-state index is -0.799. The van der Waals surface area contributed by atoms with E-state index in [9.17, 15) is 14.4 Å². The summed E-state index contributed by atoms with van der Waals surface area (Å²) in [4.78, 5) is 38.0. The first-order valence-electron chi connectivity index (χ1n) is 25.8. The summed E-state index contributed by atoms with van der Waals surface area (Å²) in [6, 6.07) is 0. The van der Waals surface area contributed by atoms with E-state index in [1.807, 2.05) is 36.5 Å². The van der Waals surface area contributed by atoms with Gasteiger partial charge in [-0.2, -0.15) is 0 Å². The lowest BCUT2D eigenvalue weighted by Crippen LogP contribution is -2.30. The molecule has 0 radical (unpaired) electrons. The van der Waals surface area contributed by atoms with Crippen molar-refractivity contribution in [3.05, 3.63) is 97.2 Å². The van der Waals surface area contributed by atoms with Gasteiger partial charge in [-0.15, -0.1) is 0 Å². The van der Waals surface area contributed by atoms with Gasteiger partial charge in [-0.3, -0.25) is 14.4 Å². The second kappa shape index (κ2) is 51.0. The predicted molar refractivity (Wildman–Crippen MR) is 270 cm³/mol. The number of carbonyl (C=O) groups excluding carboxylic acids is 3. The summed E-state index contributed by atoms with van der Waals surface area (Å²) in [5, 5.41) is 0. The van der Waals surface area contributed by atoms with Crippen LogP contribution in [0.1, 0.15) is 226 Å². The first-order chi connectivity index (χ1) is 31.0. The van der Waals surface area contributed by atoms with Gasteiger partial charge in [-0.05, 0) is 57.8 Å². The number of esters is 3. The third-order valence-corrected chi connectivity index (χ3v) is 10.8. The molecule has 1 unspecified atom stereocenters. The molecule has 0 spiro atoms. The van der Waals surface area contributed by atoms with E-state index in [2.05, 4.69) is 81.5 Å². The molecule has 0 aromatic heterocycles. The fraction of sp³-hybridized carbons (Fsp3) is 0.667. The molecule has 0 saturated heterocycles. The lowest BCUT2D eigenvalue weighted by molar-refractivity contribution is -0.167. The molecule has 0 aromatic carbocycles. The summed E-state index contributed by atoms with van der Waals surface area (Å²) >= 11 is 0. The van der Waals surface area contributed by atoms with Crippen molar-refractivity contribution >= 4 is 17.9 Å². The van der Waals surface area contributed by atoms with Crippen molar-refractivity contribution in [1.29, 1.82) is 0 Å². The summed E-state index contributed by atoms with van der Waals surface area (Å²) in [5.41, 5.74) is 0. The Bertz CT molecular complexity index is 1280. The van der Waals surface area contributed by atoms with E-state index >= 15 is 0 Å². The summed E-state index contributed by atoms with van der Waals surface area (Å²) in [7, 11) is 0. The molecule has 0 heterocycles. The second-order valence-corrected chi connectivity index (χ2v) is 16.9. The van der Waals surface area contributed by atoms with Crippen LogP contribution < -0.4 is 0 Å². The van der Waals surface area contributed by atoms with Crippen molar-refractivity contribution in [3.8, 4) is 0 Å². The molecule has 1 atom stereocenters. The monoisotopic (exact) mass is 875 g/mol. The Labute approximate surface area is 387 Å². The molecule has 0 bridgehead atoms. The van der Waals surface area contributed by atoms with Gasteiger partial charge in [-0.25, -0.2) is 0 Å². The van der Waals surface area contributed by atoms with Crippen molar-refractivity contribution in [2.45, 2.75) is 232 Å². The fourth-order valence-electron chi connectivity index (χ4n) is 6.93. The van der Waals surface area contributed by atoms with E-state index in [0.29, 0.717) is 19.3 Å². The predicted octanol–water partition coefficient (Wildman–Crippen LogP) is 17.0. The smallest absolute Gasteiger partial charge is 0.306 e. The zero-order valence-electron chi connectivity index (χ0n) is 40.8. The van der Waals surface area contributed by atoms with Crippen molar-refractivity contribution in [3.63, 3.8) is 0 Å². The summed E-state index contributed by atoms with van der Waals surface area (Å²) in [6.45, 7) is 6.32. The van der Waals surface area contributed by atoms with Gasteiger partial charge in [0.1, 0.15) is 13.2 Å². The number of hydrogen-bond donors (Lipinski definition) is 0. The molecule has 0 aromatic rings. The molecule has 358 valence electrons. The lowest BCUT2D eigenvalue weighted by Gasteiger charge is -2.18. The molecule has 0 fully saturated rings. The molecular formula is C57H94O6. The van der Waals surface area contributed by atoms with E-state index in [1.165, 1.54) is 77.0 Å². The molecular weight excluding hydrogens is 781 g/mol. The minimum absolute atomic E-state index is 0.0945. The van der Waals surface area contributed by atoms with Crippen LogP contribution in [0.4, 0.5) is 0 Å². The van der Waals surface area contributed by atoms with Gasteiger partial charge in [0.15, 0.2) is 6.10 Å². The average Bonchev–Trinajstić information content (AvgIpc) is 3.28. The third-order valence-electron chi connectivity index (χ3n) is 10.8. The van der Waals surface area contributed by atoms with Crippen molar-refractivity contribution in [2.24, 2.45) is 0 Å². The van der Waals surface area contributed by atoms with Gasteiger partial charge >= 0.3 is 17.9 Å². The fourth-order valence-corrected chi connectivity index (χ4v) is 6.93. The largest absolute Gasteiger partial charge is 0.462 e. The first-order valence-corrected chi connectivity index (χ1v) is 25.8. The van der Waals surface area contributed by atoms with Crippen LogP contribution in [-0.4, -0.2) is 37.2 Å². The SMILES string of the molecule is CC\C=C/C=C\C=C/C=C\CCCCCCCC(=O)OCC(COC(=O)CCCCCCCCCCCCCCCCC)OC(=O)CCCCCCC\C=C/C=C\C=C/C=C\CC. The van der Waals surface area contributed by atoms with Crippen LogP contribution in [0, 0.1) is 0 Å². The highest BCUT2D eigenvalue weighted by Gasteiger charge is 2.19. The van der Waals surface area contributed by atoms with E-state index in [1.54, 1.807) is 0 Å². The molecule has 0 aliphatic heterocycles. The van der Waals surface area contributed by atoms with Crippen LogP contribution in [0.15, 0.2) is 97.2 Å². The Morgan fingerprint density at radius 3 is 0.968 bits per heavy atom. The van der Waals surface area contributed by atoms with Gasteiger partial charge in [0.2, 0.25) is 0 Å². The van der Waals surface area contributed by atoms with Gasteiger partial charge in [0.25, 0.3) is 0 Å². The zero-order valence-corrected chi connectivity index (χ0v) is 40.8. The van der Waals surface area contributed by atoms with E-state index in [0.717, 1.165) is 109 Å². The molecule has 0 amide bonds. The summed E-state index contributed by atoms with van der Waals surface area (Å²) < 4.78 is 16.8. The van der Waals surface area contributed by atoms with Crippen LogP contribution >= 0.6 is 0 Å². The summed E-state index contributed by atoms with van der Waals surface area (Å²) in [5.74, 6) is -0.943. The Balaban J connectivity index is 4.47. The van der Waals surface area contributed by atoms with Crippen LogP contribution in [0.25, 0.3) is 0 Å². The molecule has 6 heteroatoms. The lowest BCUT2D eigenvalue weighted by atomic mass is 10.0. The first kappa shape index (κ1) is 59.3. The quantitative estimate of drug-likeness (QED) is 0.0262. The van der Waals surface area contributed by atoms with Crippen molar-refractivity contribution in [2.75, 3.05) is 13.2 Å². The average molecular weight is 875 g/mol.